The van der Waals surface area contributed by atoms with Crippen molar-refractivity contribution >= 4 is 5.78 Å². The molecule has 0 fully saturated rings. The second-order valence-electron chi connectivity index (χ2n) is 3.83. The van der Waals surface area contributed by atoms with Crippen molar-refractivity contribution in [2.45, 2.75) is 33.1 Å². The minimum absolute atomic E-state index is 0.209. The Bertz CT molecular complexity index is 401. The van der Waals surface area contributed by atoms with E-state index in [2.05, 4.69) is 6.07 Å². The molecule has 2 heteroatoms. The predicted octanol–water partition coefficient (Wildman–Crippen LogP) is 2.78. The van der Waals surface area contributed by atoms with Crippen LogP contribution in [-0.2, 0) is 11.2 Å². The molecule has 0 aromatic heterocycles. The van der Waals surface area contributed by atoms with Crippen LogP contribution in [0.25, 0.3) is 0 Å². The first-order valence-corrected chi connectivity index (χ1v) is 5.12. The lowest BCUT2D eigenvalue weighted by molar-refractivity contribution is -0.117. The third-order valence-electron chi connectivity index (χ3n) is 2.36. The van der Waals surface area contributed by atoms with Gasteiger partial charge in [-0.25, -0.2) is 0 Å². The molecule has 1 aromatic carbocycles. The van der Waals surface area contributed by atoms with E-state index in [1.165, 1.54) is 0 Å². The summed E-state index contributed by atoms with van der Waals surface area (Å²) in [5, 5.41) is 8.90. The van der Waals surface area contributed by atoms with Gasteiger partial charge < -0.3 is 4.79 Å². The van der Waals surface area contributed by atoms with E-state index in [4.69, 9.17) is 5.26 Å². The number of carbonyl (C=O) groups excluding carboxylic acids is 1. The van der Waals surface area contributed by atoms with Gasteiger partial charge in [0, 0.05) is 6.42 Å². The van der Waals surface area contributed by atoms with Crippen molar-refractivity contribution in [2.24, 2.45) is 0 Å². The zero-order valence-electron chi connectivity index (χ0n) is 9.21. The zero-order chi connectivity index (χ0) is 11.3. The van der Waals surface area contributed by atoms with Crippen molar-refractivity contribution in [2.75, 3.05) is 0 Å². The van der Waals surface area contributed by atoms with Gasteiger partial charge in [-0.15, -0.1) is 0 Å². The largest absolute Gasteiger partial charge is 0.300 e. The molecule has 0 bridgehead atoms. The molecule has 78 valence electrons. The molecule has 0 atom stereocenters. The predicted molar refractivity (Wildman–Crippen MR) is 59.5 cm³/mol. The minimum atomic E-state index is 0.209. The third-order valence-corrected chi connectivity index (χ3v) is 2.36. The molecular formula is C13H15NO. The van der Waals surface area contributed by atoms with Gasteiger partial charge in [-0.2, -0.15) is 5.26 Å². The molecule has 0 amide bonds. The summed E-state index contributed by atoms with van der Waals surface area (Å²) in [4.78, 5) is 10.8. The van der Waals surface area contributed by atoms with Crippen LogP contribution in [0.4, 0.5) is 0 Å². The van der Waals surface area contributed by atoms with Gasteiger partial charge in [0.25, 0.3) is 0 Å². The third kappa shape index (κ3) is 3.55. The Kier molecular flexibility index (Phi) is 4.05. The van der Waals surface area contributed by atoms with Crippen molar-refractivity contribution in [1.82, 2.24) is 0 Å². The number of nitriles is 1. The fourth-order valence-electron chi connectivity index (χ4n) is 1.57. The Morgan fingerprint density at radius 1 is 1.47 bits per heavy atom. The lowest BCUT2D eigenvalue weighted by Crippen LogP contribution is -1.95. The molecule has 0 aliphatic rings. The summed E-state index contributed by atoms with van der Waals surface area (Å²) in [6.45, 7) is 3.61. The molecule has 1 rings (SSSR count). The van der Waals surface area contributed by atoms with E-state index in [0.717, 1.165) is 29.5 Å². The number of nitrogens with zero attached hydrogens (tertiary/aromatic N) is 1. The fourth-order valence-corrected chi connectivity index (χ4v) is 1.57. The highest BCUT2D eigenvalue weighted by molar-refractivity contribution is 5.75. The lowest BCUT2D eigenvalue weighted by Gasteiger charge is -2.04. The van der Waals surface area contributed by atoms with Gasteiger partial charge in [-0.1, -0.05) is 17.7 Å². The molecule has 0 unspecified atom stereocenters. The fraction of sp³-hybridized carbons (Fsp3) is 0.385. The van der Waals surface area contributed by atoms with Crippen LogP contribution in [0.5, 0.6) is 0 Å². The van der Waals surface area contributed by atoms with Gasteiger partial charge in [-0.3, -0.25) is 0 Å². The van der Waals surface area contributed by atoms with Crippen LogP contribution < -0.4 is 0 Å². The maximum atomic E-state index is 10.8. The Morgan fingerprint density at radius 3 is 2.80 bits per heavy atom. The number of aryl methyl sites for hydroxylation is 2. The number of rotatable bonds is 4. The van der Waals surface area contributed by atoms with E-state index >= 15 is 0 Å². The Labute approximate surface area is 90.5 Å². The van der Waals surface area contributed by atoms with Crippen LogP contribution in [0, 0.1) is 18.3 Å². The maximum absolute atomic E-state index is 10.8. The van der Waals surface area contributed by atoms with Crippen LogP contribution in [0.1, 0.15) is 36.5 Å². The zero-order valence-corrected chi connectivity index (χ0v) is 9.21. The summed E-state index contributed by atoms with van der Waals surface area (Å²) in [7, 11) is 0. The molecule has 0 saturated carbocycles. The molecule has 15 heavy (non-hydrogen) atoms. The van der Waals surface area contributed by atoms with Gasteiger partial charge >= 0.3 is 0 Å². The summed E-state index contributed by atoms with van der Waals surface area (Å²) >= 11 is 0. The molecule has 0 radical (unpaired) electrons. The summed E-state index contributed by atoms with van der Waals surface area (Å²) < 4.78 is 0. The number of hydrogen-bond donors (Lipinski definition) is 0. The van der Waals surface area contributed by atoms with E-state index in [0.29, 0.717) is 6.42 Å². The summed E-state index contributed by atoms with van der Waals surface area (Å²) in [6.07, 6.45) is 2.23. The van der Waals surface area contributed by atoms with E-state index < -0.39 is 0 Å². The van der Waals surface area contributed by atoms with E-state index in [9.17, 15) is 4.79 Å². The maximum Gasteiger partial charge on any atom is 0.129 e. The van der Waals surface area contributed by atoms with Crippen molar-refractivity contribution in [3.63, 3.8) is 0 Å². The van der Waals surface area contributed by atoms with Crippen LogP contribution in [0.2, 0.25) is 0 Å². The van der Waals surface area contributed by atoms with E-state index in [1.807, 2.05) is 25.1 Å². The van der Waals surface area contributed by atoms with Crippen molar-refractivity contribution < 1.29 is 4.79 Å². The second kappa shape index (κ2) is 5.31. The SMILES string of the molecule is CC(=O)CCCc1cc(C)ccc1C#N. The minimum Gasteiger partial charge on any atom is -0.300 e. The van der Waals surface area contributed by atoms with Crippen molar-refractivity contribution in [1.29, 1.82) is 5.26 Å². The normalized spacial score (nSPS) is 9.67. The van der Waals surface area contributed by atoms with Crippen LogP contribution >= 0.6 is 0 Å². The molecule has 0 aliphatic carbocycles. The standard InChI is InChI=1S/C13H15NO/c1-10-6-7-13(9-14)12(8-10)5-3-4-11(2)15/h6-8H,3-5H2,1-2H3. The van der Waals surface area contributed by atoms with Gasteiger partial charge in [0.1, 0.15) is 5.78 Å². The van der Waals surface area contributed by atoms with Gasteiger partial charge in [0.15, 0.2) is 0 Å². The number of carbonyl (C=O) groups is 1. The molecule has 0 aliphatic heterocycles. The monoisotopic (exact) mass is 201 g/mol. The average Bonchev–Trinajstić information content (AvgIpc) is 2.17. The number of hydrogen-bond acceptors (Lipinski definition) is 2. The molecule has 0 spiro atoms. The van der Waals surface area contributed by atoms with Crippen LogP contribution in [-0.4, -0.2) is 5.78 Å². The van der Waals surface area contributed by atoms with Crippen LogP contribution in [0.15, 0.2) is 18.2 Å². The second-order valence-corrected chi connectivity index (χ2v) is 3.83. The molecule has 2 nitrogen and oxygen atoms in total. The van der Waals surface area contributed by atoms with E-state index in [-0.39, 0.29) is 5.78 Å². The lowest BCUT2D eigenvalue weighted by atomic mass is 10.00. The van der Waals surface area contributed by atoms with Gasteiger partial charge in [0.2, 0.25) is 0 Å². The molecule has 0 saturated heterocycles. The molecule has 0 N–H and O–H groups in total. The highest BCUT2D eigenvalue weighted by Crippen LogP contribution is 2.13. The highest BCUT2D eigenvalue weighted by atomic mass is 16.1. The Morgan fingerprint density at radius 2 is 2.20 bits per heavy atom. The van der Waals surface area contributed by atoms with Gasteiger partial charge in [-0.05, 0) is 38.3 Å². The highest BCUT2D eigenvalue weighted by Gasteiger charge is 2.02. The number of ketones is 1. The number of Topliss-reactive ketones (excluding diaryl/α,β-unsaturated/α-hetero) is 1. The first-order chi connectivity index (χ1) is 7.13. The molecular weight excluding hydrogens is 186 g/mol. The molecule has 0 heterocycles. The molecule has 1 aromatic rings. The summed E-state index contributed by atoms with van der Waals surface area (Å²) in [5.41, 5.74) is 2.94. The quantitative estimate of drug-likeness (QED) is 0.751. The first-order valence-electron chi connectivity index (χ1n) is 5.12. The smallest absolute Gasteiger partial charge is 0.129 e. The topological polar surface area (TPSA) is 40.9 Å². The van der Waals surface area contributed by atoms with Crippen molar-refractivity contribution in [3.05, 3.63) is 34.9 Å². The van der Waals surface area contributed by atoms with E-state index in [1.54, 1.807) is 6.92 Å². The average molecular weight is 201 g/mol. The Balaban J connectivity index is 2.71. The van der Waals surface area contributed by atoms with Crippen LogP contribution in [0.3, 0.4) is 0 Å². The van der Waals surface area contributed by atoms with Crippen molar-refractivity contribution in [3.8, 4) is 6.07 Å². The number of benzene rings is 1. The summed E-state index contributed by atoms with van der Waals surface area (Å²) in [5.74, 6) is 0.209. The first kappa shape index (κ1) is 11.5. The van der Waals surface area contributed by atoms with Gasteiger partial charge in [0.05, 0.1) is 11.6 Å². The Hall–Kier alpha value is -1.62. The summed E-state index contributed by atoms with van der Waals surface area (Å²) in [6, 6.07) is 7.99.